The number of likely N-dealkylation sites (tertiary alicyclic amines) is 1. The molecule has 1 aliphatic carbocycles. The first kappa shape index (κ1) is 11.1. The fraction of sp³-hybridized carbons (Fsp3) is 0.923. The molecule has 2 heteroatoms. The number of aldehydes is 1. The molecule has 1 aliphatic heterocycles. The number of nitrogens with zero attached hydrogens (tertiary/aromatic N) is 1. The molecule has 0 aromatic carbocycles. The molecule has 0 unspecified atom stereocenters. The van der Waals surface area contributed by atoms with Crippen LogP contribution in [0.15, 0.2) is 0 Å². The van der Waals surface area contributed by atoms with Gasteiger partial charge in [0.25, 0.3) is 0 Å². The standard InChI is InChI=1S/C13H23NO/c1-2-3-4-8-14-12(10-15)9-11-6-5-7-13(11)14/h10-13H,2-9H2,1H3/t11-,12-,13-/m0/s1. The number of carbonyl (C=O) groups excluding carboxylic acids is 1. The molecule has 2 aliphatic rings. The largest absolute Gasteiger partial charge is 0.302 e. The van der Waals surface area contributed by atoms with E-state index in [0.717, 1.165) is 24.9 Å². The minimum absolute atomic E-state index is 0.247. The van der Waals surface area contributed by atoms with Crippen molar-refractivity contribution in [2.45, 2.75) is 64.0 Å². The average Bonchev–Trinajstić information content (AvgIpc) is 2.79. The third-order valence-electron chi connectivity index (χ3n) is 4.19. The van der Waals surface area contributed by atoms with E-state index in [9.17, 15) is 4.79 Å². The Morgan fingerprint density at radius 2 is 2.20 bits per heavy atom. The number of carbonyl (C=O) groups is 1. The highest BCUT2D eigenvalue weighted by Gasteiger charge is 2.42. The fourth-order valence-electron chi connectivity index (χ4n) is 3.43. The van der Waals surface area contributed by atoms with E-state index in [0.29, 0.717) is 0 Å². The van der Waals surface area contributed by atoms with E-state index < -0.39 is 0 Å². The molecule has 3 atom stereocenters. The lowest BCUT2D eigenvalue weighted by Crippen LogP contribution is -2.37. The Hall–Kier alpha value is -0.370. The van der Waals surface area contributed by atoms with Gasteiger partial charge in [0, 0.05) is 6.04 Å². The lowest BCUT2D eigenvalue weighted by atomic mass is 10.0. The van der Waals surface area contributed by atoms with E-state index in [2.05, 4.69) is 11.8 Å². The summed E-state index contributed by atoms with van der Waals surface area (Å²) >= 11 is 0. The van der Waals surface area contributed by atoms with Crippen LogP contribution in [-0.2, 0) is 4.79 Å². The highest BCUT2D eigenvalue weighted by molar-refractivity contribution is 5.58. The van der Waals surface area contributed by atoms with Crippen LogP contribution in [0.4, 0.5) is 0 Å². The SMILES string of the molecule is CCCCCN1[C@H](C=O)C[C@@H]2CCC[C@@H]21. The molecule has 0 aromatic heterocycles. The predicted octanol–water partition coefficient (Wildman–Crippen LogP) is 2.62. The van der Waals surface area contributed by atoms with Crippen molar-refractivity contribution >= 4 is 6.29 Å². The zero-order valence-corrected chi connectivity index (χ0v) is 9.82. The van der Waals surface area contributed by atoms with Gasteiger partial charge in [0.1, 0.15) is 6.29 Å². The molecule has 0 amide bonds. The number of hydrogen-bond donors (Lipinski definition) is 0. The van der Waals surface area contributed by atoms with E-state index >= 15 is 0 Å². The maximum atomic E-state index is 11.0. The number of rotatable bonds is 5. The van der Waals surface area contributed by atoms with Crippen molar-refractivity contribution in [1.82, 2.24) is 4.90 Å². The van der Waals surface area contributed by atoms with Gasteiger partial charge in [0.2, 0.25) is 0 Å². The van der Waals surface area contributed by atoms with Gasteiger partial charge < -0.3 is 4.79 Å². The second-order valence-corrected chi connectivity index (χ2v) is 5.14. The molecule has 2 nitrogen and oxygen atoms in total. The van der Waals surface area contributed by atoms with Gasteiger partial charge in [-0.3, -0.25) is 4.90 Å². The van der Waals surface area contributed by atoms with Crippen LogP contribution in [0.25, 0.3) is 0 Å². The Balaban J connectivity index is 1.90. The summed E-state index contributed by atoms with van der Waals surface area (Å²) < 4.78 is 0. The summed E-state index contributed by atoms with van der Waals surface area (Å²) in [6.07, 6.45) is 10.2. The van der Waals surface area contributed by atoms with E-state index in [1.54, 1.807) is 0 Å². The molecular formula is C13H23NO. The Kier molecular flexibility index (Phi) is 3.79. The first-order valence-electron chi connectivity index (χ1n) is 6.58. The van der Waals surface area contributed by atoms with Crippen molar-refractivity contribution in [3.8, 4) is 0 Å². The van der Waals surface area contributed by atoms with E-state index in [-0.39, 0.29) is 6.04 Å². The van der Waals surface area contributed by atoms with Crippen molar-refractivity contribution in [3.05, 3.63) is 0 Å². The van der Waals surface area contributed by atoms with Crippen LogP contribution in [0.2, 0.25) is 0 Å². The van der Waals surface area contributed by atoms with E-state index in [4.69, 9.17) is 0 Å². The van der Waals surface area contributed by atoms with Crippen molar-refractivity contribution in [2.24, 2.45) is 5.92 Å². The summed E-state index contributed by atoms with van der Waals surface area (Å²) in [5.74, 6) is 0.835. The highest BCUT2D eigenvalue weighted by Crippen LogP contribution is 2.40. The van der Waals surface area contributed by atoms with Gasteiger partial charge in [-0.15, -0.1) is 0 Å². The van der Waals surface area contributed by atoms with Crippen molar-refractivity contribution < 1.29 is 4.79 Å². The Bertz CT molecular complexity index is 217. The zero-order chi connectivity index (χ0) is 10.7. The van der Waals surface area contributed by atoms with Gasteiger partial charge in [-0.25, -0.2) is 0 Å². The Morgan fingerprint density at radius 1 is 1.33 bits per heavy atom. The summed E-state index contributed by atoms with van der Waals surface area (Å²) in [5.41, 5.74) is 0. The minimum atomic E-state index is 0.247. The lowest BCUT2D eigenvalue weighted by Gasteiger charge is -2.26. The average molecular weight is 209 g/mol. The van der Waals surface area contributed by atoms with Crippen LogP contribution in [0.5, 0.6) is 0 Å². The van der Waals surface area contributed by atoms with Crippen molar-refractivity contribution in [3.63, 3.8) is 0 Å². The molecule has 1 heterocycles. The maximum absolute atomic E-state index is 11.0. The van der Waals surface area contributed by atoms with Crippen molar-refractivity contribution in [1.29, 1.82) is 0 Å². The van der Waals surface area contributed by atoms with Crippen LogP contribution < -0.4 is 0 Å². The molecule has 0 aromatic rings. The van der Waals surface area contributed by atoms with E-state index in [1.165, 1.54) is 44.8 Å². The van der Waals surface area contributed by atoms with Crippen LogP contribution in [0, 0.1) is 5.92 Å². The second-order valence-electron chi connectivity index (χ2n) is 5.14. The Morgan fingerprint density at radius 3 is 2.93 bits per heavy atom. The third-order valence-corrected chi connectivity index (χ3v) is 4.19. The monoisotopic (exact) mass is 209 g/mol. The second kappa shape index (κ2) is 5.11. The van der Waals surface area contributed by atoms with Gasteiger partial charge in [-0.2, -0.15) is 0 Å². The summed E-state index contributed by atoms with van der Waals surface area (Å²) in [6.45, 7) is 3.39. The summed E-state index contributed by atoms with van der Waals surface area (Å²) in [6, 6.07) is 0.995. The maximum Gasteiger partial charge on any atom is 0.137 e. The number of unbranched alkanes of at least 4 members (excludes halogenated alkanes) is 2. The lowest BCUT2D eigenvalue weighted by molar-refractivity contribution is -0.112. The van der Waals surface area contributed by atoms with Gasteiger partial charge in [-0.1, -0.05) is 26.2 Å². The van der Waals surface area contributed by atoms with Gasteiger partial charge >= 0.3 is 0 Å². The minimum Gasteiger partial charge on any atom is -0.302 e. The highest BCUT2D eigenvalue weighted by atomic mass is 16.1. The molecule has 1 saturated carbocycles. The number of hydrogen-bond acceptors (Lipinski definition) is 2. The molecule has 0 spiro atoms. The predicted molar refractivity (Wildman–Crippen MR) is 61.8 cm³/mol. The van der Waals surface area contributed by atoms with Gasteiger partial charge in [0.05, 0.1) is 6.04 Å². The van der Waals surface area contributed by atoms with E-state index in [1.807, 2.05) is 0 Å². The quantitative estimate of drug-likeness (QED) is 0.512. The summed E-state index contributed by atoms with van der Waals surface area (Å²) in [7, 11) is 0. The van der Waals surface area contributed by atoms with Crippen LogP contribution in [0.1, 0.15) is 51.9 Å². The third kappa shape index (κ3) is 2.25. The Labute approximate surface area is 93.0 Å². The van der Waals surface area contributed by atoms with Crippen LogP contribution >= 0.6 is 0 Å². The molecule has 2 rings (SSSR count). The van der Waals surface area contributed by atoms with Gasteiger partial charge in [0.15, 0.2) is 0 Å². The normalized spacial score (nSPS) is 35.7. The molecule has 1 saturated heterocycles. The summed E-state index contributed by atoms with van der Waals surface area (Å²) in [4.78, 5) is 13.5. The molecule has 0 bridgehead atoms. The summed E-state index contributed by atoms with van der Waals surface area (Å²) in [5, 5.41) is 0. The first-order chi connectivity index (χ1) is 7.36. The smallest absolute Gasteiger partial charge is 0.137 e. The molecule has 0 N–H and O–H groups in total. The molecule has 0 radical (unpaired) electrons. The van der Waals surface area contributed by atoms with Crippen LogP contribution in [-0.4, -0.2) is 29.8 Å². The molecule has 2 fully saturated rings. The molecule has 15 heavy (non-hydrogen) atoms. The topological polar surface area (TPSA) is 20.3 Å². The molecule has 86 valence electrons. The fourth-order valence-corrected chi connectivity index (χ4v) is 3.43. The zero-order valence-electron chi connectivity index (χ0n) is 9.82. The molecular weight excluding hydrogens is 186 g/mol. The van der Waals surface area contributed by atoms with Crippen molar-refractivity contribution in [2.75, 3.05) is 6.54 Å². The number of fused-ring (bicyclic) bond motifs is 1. The first-order valence-corrected chi connectivity index (χ1v) is 6.58. The van der Waals surface area contributed by atoms with Gasteiger partial charge in [-0.05, 0) is 38.1 Å². The van der Waals surface area contributed by atoms with Crippen LogP contribution in [0.3, 0.4) is 0 Å².